The number of ether oxygens (including phenoxy) is 1. The maximum Gasteiger partial charge on any atom is 0.112 e. The molecule has 0 bridgehead atoms. The number of rotatable bonds is 5. The third kappa shape index (κ3) is 4.20. The first-order chi connectivity index (χ1) is 10.7. The van der Waals surface area contributed by atoms with Gasteiger partial charge in [0, 0.05) is 41.4 Å². The van der Waals surface area contributed by atoms with Crippen molar-refractivity contribution in [1.29, 1.82) is 0 Å². The van der Waals surface area contributed by atoms with Gasteiger partial charge in [-0.25, -0.2) is 4.98 Å². The van der Waals surface area contributed by atoms with Gasteiger partial charge in [0.05, 0.1) is 19.8 Å². The molecule has 22 heavy (non-hydrogen) atoms. The van der Waals surface area contributed by atoms with Gasteiger partial charge in [-0.1, -0.05) is 17.7 Å². The Bertz CT molecular complexity index is 626. The van der Waals surface area contributed by atoms with Crippen molar-refractivity contribution in [3.63, 3.8) is 0 Å². The number of thiazole rings is 1. The predicted molar refractivity (Wildman–Crippen MR) is 91.7 cm³/mol. The molecule has 6 heteroatoms. The molecule has 0 spiro atoms. The standard InChI is InChI=1S/C16H20ClN3OS/c1-12-11-22-16(19-12)9-18-14-3-2-13(15(17)8-14)10-20-4-6-21-7-5-20/h2-3,8,11,18H,4-7,9-10H2,1H3. The van der Waals surface area contributed by atoms with Gasteiger partial charge in [0.1, 0.15) is 5.01 Å². The summed E-state index contributed by atoms with van der Waals surface area (Å²) >= 11 is 8.10. The van der Waals surface area contributed by atoms with E-state index in [-0.39, 0.29) is 0 Å². The molecule has 1 aliphatic heterocycles. The Morgan fingerprint density at radius 2 is 2.18 bits per heavy atom. The molecule has 3 rings (SSSR count). The molecule has 1 fully saturated rings. The van der Waals surface area contributed by atoms with Crippen molar-refractivity contribution in [2.75, 3.05) is 31.6 Å². The average molecular weight is 338 g/mol. The van der Waals surface area contributed by atoms with E-state index in [0.29, 0.717) is 0 Å². The summed E-state index contributed by atoms with van der Waals surface area (Å²) in [5, 5.41) is 7.34. The summed E-state index contributed by atoms with van der Waals surface area (Å²) in [5.74, 6) is 0. The predicted octanol–water partition coefficient (Wildman–Crippen LogP) is 3.55. The first kappa shape index (κ1) is 15.7. The van der Waals surface area contributed by atoms with Crippen LogP contribution in [0.5, 0.6) is 0 Å². The van der Waals surface area contributed by atoms with Gasteiger partial charge in [-0.15, -0.1) is 11.3 Å². The molecule has 0 atom stereocenters. The molecule has 1 saturated heterocycles. The van der Waals surface area contributed by atoms with Crippen LogP contribution in [0, 0.1) is 6.92 Å². The Morgan fingerprint density at radius 1 is 1.36 bits per heavy atom. The second kappa shape index (κ2) is 7.42. The number of anilines is 1. The number of nitrogens with zero attached hydrogens (tertiary/aromatic N) is 2. The van der Waals surface area contributed by atoms with Crippen molar-refractivity contribution in [3.05, 3.63) is 44.9 Å². The van der Waals surface area contributed by atoms with E-state index in [1.54, 1.807) is 11.3 Å². The first-order valence-electron chi connectivity index (χ1n) is 7.44. The van der Waals surface area contributed by atoms with Crippen LogP contribution in [0.1, 0.15) is 16.3 Å². The van der Waals surface area contributed by atoms with Crippen LogP contribution in [0.15, 0.2) is 23.6 Å². The molecule has 1 aromatic carbocycles. The summed E-state index contributed by atoms with van der Waals surface area (Å²) in [6, 6.07) is 6.19. The van der Waals surface area contributed by atoms with Gasteiger partial charge in [-0.05, 0) is 24.6 Å². The highest BCUT2D eigenvalue weighted by Gasteiger charge is 2.12. The number of morpholine rings is 1. The van der Waals surface area contributed by atoms with E-state index in [4.69, 9.17) is 16.3 Å². The SMILES string of the molecule is Cc1csc(CNc2ccc(CN3CCOCC3)c(Cl)c2)n1. The van der Waals surface area contributed by atoms with E-state index in [9.17, 15) is 0 Å². The molecule has 118 valence electrons. The fraction of sp³-hybridized carbons (Fsp3) is 0.438. The molecule has 0 aliphatic carbocycles. The Balaban J connectivity index is 1.58. The van der Waals surface area contributed by atoms with Crippen LogP contribution in [-0.4, -0.2) is 36.2 Å². The normalized spacial score (nSPS) is 15.9. The lowest BCUT2D eigenvalue weighted by atomic mass is 10.2. The van der Waals surface area contributed by atoms with E-state index in [1.165, 1.54) is 5.56 Å². The fourth-order valence-electron chi connectivity index (χ4n) is 2.45. The Labute approximate surface area is 140 Å². The summed E-state index contributed by atoms with van der Waals surface area (Å²) in [4.78, 5) is 6.82. The van der Waals surface area contributed by atoms with Crippen LogP contribution in [0.4, 0.5) is 5.69 Å². The van der Waals surface area contributed by atoms with Crippen molar-refractivity contribution in [3.8, 4) is 0 Å². The minimum atomic E-state index is 0.734. The molecule has 0 unspecified atom stereocenters. The minimum Gasteiger partial charge on any atom is -0.379 e. The highest BCUT2D eigenvalue weighted by Crippen LogP contribution is 2.23. The highest BCUT2D eigenvalue weighted by molar-refractivity contribution is 7.09. The van der Waals surface area contributed by atoms with Gasteiger partial charge in [0.15, 0.2) is 0 Å². The van der Waals surface area contributed by atoms with Crippen molar-refractivity contribution in [2.45, 2.75) is 20.0 Å². The average Bonchev–Trinajstić information content (AvgIpc) is 2.94. The lowest BCUT2D eigenvalue weighted by Crippen LogP contribution is -2.35. The first-order valence-corrected chi connectivity index (χ1v) is 8.70. The van der Waals surface area contributed by atoms with E-state index >= 15 is 0 Å². The van der Waals surface area contributed by atoms with Crippen LogP contribution in [0.3, 0.4) is 0 Å². The number of hydrogen-bond acceptors (Lipinski definition) is 5. The maximum atomic E-state index is 6.42. The molecule has 1 N–H and O–H groups in total. The number of hydrogen-bond donors (Lipinski definition) is 1. The second-order valence-electron chi connectivity index (χ2n) is 5.43. The van der Waals surface area contributed by atoms with Crippen LogP contribution in [0.25, 0.3) is 0 Å². The third-order valence-corrected chi connectivity index (χ3v) is 4.98. The van der Waals surface area contributed by atoms with E-state index < -0.39 is 0 Å². The molecule has 1 aromatic heterocycles. The minimum absolute atomic E-state index is 0.734. The lowest BCUT2D eigenvalue weighted by Gasteiger charge is -2.27. The van der Waals surface area contributed by atoms with Crippen molar-refractivity contribution in [2.24, 2.45) is 0 Å². The largest absolute Gasteiger partial charge is 0.379 e. The van der Waals surface area contributed by atoms with Gasteiger partial charge in [-0.2, -0.15) is 0 Å². The maximum absolute atomic E-state index is 6.42. The molecule has 2 aromatic rings. The number of aromatic nitrogens is 1. The summed E-state index contributed by atoms with van der Waals surface area (Å²) in [7, 11) is 0. The van der Waals surface area contributed by atoms with Gasteiger partial charge in [-0.3, -0.25) is 4.90 Å². The van der Waals surface area contributed by atoms with Gasteiger partial charge in [0.25, 0.3) is 0 Å². The van der Waals surface area contributed by atoms with Gasteiger partial charge in [0.2, 0.25) is 0 Å². The molecule has 0 saturated carbocycles. The fourth-order valence-corrected chi connectivity index (χ4v) is 3.40. The molecule has 0 radical (unpaired) electrons. The molecular formula is C16H20ClN3OS. The zero-order chi connectivity index (χ0) is 15.4. The zero-order valence-corrected chi connectivity index (χ0v) is 14.2. The summed E-state index contributed by atoms with van der Waals surface area (Å²) in [5.41, 5.74) is 3.27. The van der Waals surface area contributed by atoms with E-state index in [0.717, 1.165) is 60.8 Å². The van der Waals surface area contributed by atoms with E-state index in [1.807, 2.05) is 13.0 Å². The van der Waals surface area contributed by atoms with Crippen LogP contribution in [-0.2, 0) is 17.8 Å². The van der Waals surface area contributed by atoms with Crippen molar-refractivity contribution < 1.29 is 4.74 Å². The molecule has 2 heterocycles. The number of benzene rings is 1. The quantitative estimate of drug-likeness (QED) is 0.905. The molecule has 1 aliphatic rings. The smallest absolute Gasteiger partial charge is 0.112 e. The van der Waals surface area contributed by atoms with E-state index in [2.05, 4.69) is 32.7 Å². The summed E-state index contributed by atoms with van der Waals surface area (Å²) < 4.78 is 5.37. The highest BCUT2D eigenvalue weighted by atomic mass is 35.5. The van der Waals surface area contributed by atoms with Crippen molar-refractivity contribution in [1.82, 2.24) is 9.88 Å². The van der Waals surface area contributed by atoms with Crippen LogP contribution < -0.4 is 5.32 Å². The second-order valence-corrected chi connectivity index (χ2v) is 6.78. The lowest BCUT2D eigenvalue weighted by molar-refractivity contribution is 0.0342. The zero-order valence-electron chi connectivity index (χ0n) is 12.6. The molecular weight excluding hydrogens is 318 g/mol. The summed E-state index contributed by atoms with van der Waals surface area (Å²) in [6.07, 6.45) is 0. The third-order valence-electron chi connectivity index (χ3n) is 3.66. The van der Waals surface area contributed by atoms with Gasteiger partial charge >= 0.3 is 0 Å². The van der Waals surface area contributed by atoms with Crippen molar-refractivity contribution >= 4 is 28.6 Å². The molecule has 0 amide bonds. The monoisotopic (exact) mass is 337 g/mol. The molecule has 4 nitrogen and oxygen atoms in total. The Kier molecular flexibility index (Phi) is 5.31. The van der Waals surface area contributed by atoms with Crippen LogP contribution in [0.2, 0.25) is 5.02 Å². The number of halogens is 1. The Morgan fingerprint density at radius 3 is 2.86 bits per heavy atom. The summed E-state index contributed by atoms with van der Waals surface area (Å²) in [6.45, 7) is 7.19. The Hall–Kier alpha value is -1.14. The number of nitrogens with one attached hydrogen (secondary N) is 1. The number of aryl methyl sites for hydroxylation is 1. The topological polar surface area (TPSA) is 37.4 Å². The van der Waals surface area contributed by atoms with Crippen LogP contribution >= 0.6 is 22.9 Å². The van der Waals surface area contributed by atoms with Gasteiger partial charge < -0.3 is 10.1 Å².